The molecule has 1 aromatic heterocycles. The Morgan fingerprint density at radius 3 is 3.00 bits per heavy atom. The van der Waals surface area contributed by atoms with Crippen LogP contribution >= 0.6 is 0 Å². The maximum absolute atomic E-state index is 11.5. The number of rotatable bonds is 6. The first-order valence-electron chi connectivity index (χ1n) is 5.05. The number of carbonyl (C=O) groups is 1. The van der Waals surface area contributed by atoms with E-state index in [4.69, 9.17) is 15.2 Å². The van der Waals surface area contributed by atoms with Crippen LogP contribution in [-0.2, 0) is 20.7 Å². The number of hydrogen-bond acceptors (Lipinski definition) is 5. The second kappa shape index (κ2) is 6.24. The molecule has 0 saturated heterocycles. The molecule has 0 radical (unpaired) electrons. The molecule has 1 unspecified atom stereocenters. The molecule has 0 aliphatic carbocycles. The maximum Gasteiger partial charge on any atom is 0.323 e. The number of ether oxygens (including phenoxy) is 2. The van der Waals surface area contributed by atoms with Gasteiger partial charge in [0.25, 0.3) is 0 Å². The Morgan fingerprint density at radius 1 is 1.69 bits per heavy atom. The van der Waals surface area contributed by atoms with E-state index in [2.05, 4.69) is 9.97 Å². The molecule has 0 saturated carbocycles. The Kier molecular flexibility index (Phi) is 4.94. The number of aromatic amines is 1. The van der Waals surface area contributed by atoms with Gasteiger partial charge >= 0.3 is 5.97 Å². The predicted molar refractivity (Wildman–Crippen MR) is 57.7 cm³/mol. The van der Waals surface area contributed by atoms with E-state index >= 15 is 0 Å². The molecule has 6 nitrogen and oxygen atoms in total. The molecule has 1 rings (SSSR count). The SMILES string of the molecule is COCC(C)OC(=O)[C@@H](N)Cc1cnc[nH]1. The number of aromatic nitrogens is 2. The third-order valence-corrected chi connectivity index (χ3v) is 2.02. The fraction of sp³-hybridized carbons (Fsp3) is 0.600. The van der Waals surface area contributed by atoms with Gasteiger partial charge in [0.15, 0.2) is 0 Å². The van der Waals surface area contributed by atoms with Crippen molar-refractivity contribution in [3.8, 4) is 0 Å². The van der Waals surface area contributed by atoms with Crippen LogP contribution in [0.4, 0.5) is 0 Å². The molecule has 0 aliphatic rings. The highest BCUT2D eigenvalue weighted by Gasteiger charge is 2.18. The molecule has 3 N–H and O–H groups in total. The second-order valence-electron chi connectivity index (χ2n) is 3.59. The van der Waals surface area contributed by atoms with E-state index in [1.165, 1.54) is 0 Å². The smallest absolute Gasteiger partial charge is 0.323 e. The van der Waals surface area contributed by atoms with Gasteiger partial charge in [-0.1, -0.05) is 0 Å². The predicted octanol–water partition coefficient (Wildman–Crippen LogP) is -0.142. The second-order valence-corrected chi connectivity index (χ2v) is 3.59. The highest BCUT2D eigenvalue weighted by Crippen LogP contribution is 2.00. The van der Waals surface area contributed by atoms with E-state index in [0.29, 0.717) is 13.0 Å². The number of hydrogen-bond donors (Lipinski definition) is 2. The van der Waals surface area contributed by atoms with Gasteiger partial charge in [-0.3, -0.25) is 4.79 Å². The molecule has 90 valence electrons. The van der Waals surface area contributed by atoms with Crippen LogP contribution in [0.5, 0.6) is 0 Å². The van der Waals surface area contributed by atoms with E-state index in [-0.39, 0.29) is 6.10 Å². The number of methoxy groups -OCH3 is 1. The summed E-state index contributed by atoms with van der Waals surface area (Å²) in [5.41, 5.74) is 6.50. The van der Waals surface area contributed by atoms with Gasteiger partial charge in [0.05, 0.1) is 12.9 Å². The highest BCUT2D eigenvalue weighted by molar-refractivity contribution is 5.75. The maximum atomic E-state index is 11.5. The molecule has 1 heterocycles. The van der Waals surface area contributed by atoms with Gasteiger partial charge < -0.3 is 20.2 Å². The molecular formula is C10H17N3O3. The Labute approximate surface area is 94.1 Å². The summed E-state index contributed by atoms with van der Waals surface area (Å²) >= 11 is 0. The van der Waals surface area contributed by atoms with Crippen molar-refractivity contribution in [2.75, 3.05) is 13.7 Å². The third kappa shape index (κ3) is 4.00. The van der Waals surface area contributed by atoms with E-state index in [1.807, 2.05) is 0 Å². The summed E-state index contributed by atoms with van der Waals surface area (Å²) in [5.74, 6) is -0.431. The molecular weight excluding hydrogens is 210 g/mol. The molecule has 1 aromatic rings. The fourth-order valence-corrected chi connectivity index (χ4v) is 1.27. The number of nitrogens with one attached hydrogen (secondary N) is 1. The Balaban J connectivity index is 2.36. The van der Waals surface area contributed by atoms with Crippen molar-refractivity contribution >= 4 is 5.97 Å². The molecule has 0 fully saturated rings. The van der Waals surface area contributed by atoms with Gasteiger partial charge in [-0.15, -0.1) is 0 Å². The van der Waals surface area contributed by atoms with Gasteiger partial charge in [-0.05, 0) is 6.92 Å². The number of esters is 1. The minimum atomic E-state index is -0.681. The number of nitrogens with zero attached hydrogens (tertiary/aromatic N) is 1. The third-order valence-electron chi connectivity index (χ3n) is 2.02. The van der Waals surface area contributed by atoms with Crippen molar-refractivity contribution in [1.82, 2.24) is 9.97 Å². The van der Waals surface area contributed by atoms with E-state index in [9.17, 15) is 4.79 Å². The van der Waals surface area contributed by atoms with E-state index < -0.39 is 12.0 Å². The number of H-pyrrole nitrogens is 1. The monoisotopic (exact) mass is 227 g/mol. The van der Waals surface area contributed by atoms with Gasteiger partial charge in [0.2, 0.25) is 0 Å². The fourth-order valence-electron chi connectivity index (χ4n) is 1.27. The topological polar surface area (TPSA) is 90.2 Å². The highest BCUT2D eigenvalue weighted by atomic mass is 16.6. The van der Waals surface area contributed by atoms with Crippen molar-refractivity contribution in [3.63, 3.8) is 0 Å². The van der Waals surface area contributed by atoms with E-state index in [1.54, 1.807) is 26.6 Å². The summed E-state index contributed by atoms with van der Waals surface area (Å²) in [6.45, 7) is 2.12. The Bertz CT molecular complexity index is 313. The van der Waals surface area contributed by atoms with Crippen LogP contribution in [0.25, 0.3) is 0 Å². The standard InChI is InChI=1S/C10H17N3O3/c1-7(5-15-2)16-10(14)9(11)3-8-4-12-6-13-8/h4,6-7,9H,3,5,11H2,1-2H3,(H,12,13)/t7?,9-/m0/s1. The average Bonchev–Trinajstić information content (AvgIpc) is 2.70. The van der Waals surface area contributed by atoms with Crippen LogP contribution in [0.2, 0.25) is 0 Å². The zero-order chi connectivity index (χ0) is 12.0. The van der Waals surface area contributed by atoms with Crippen molar-refractivity contribution in [3.05, 3.63) is 18.2 Å². The van der Waals surface area contributed by atoms with Crippen LogP contribution in [0.15, 0.2) is 12.5 Å². The lowest BCUT2D eigenvalue weighted by Crippen LogP contribution is -2.37. The summed E-state index contributed by atoms with van der Waals surface area (Å²) in [5, 5.41) is 0. The average molecular weight is 227 g/mol. The number of nitrogens with two attached hydrogens (primary N) is 1. The van der Waals surface area contributed by atoms with Gasteiger partial charge in [0.1, 0.15) is 12.1 Å². The zero-order valence-electron chi connectivity index (χ0n) is 9.47. The molecule has 0 aliphatic heterocycles. The molecule has 16 heavy (non-hydrogen) atoms. The first kappa shape index (κ1) is 12.7. The summed E-state index contributed by atoms with van der Waals surface area (Å²) in [6.07, 6.45) is 3.27. The quantitative estimate of drug-likeness (QED) is 0.660. The Morgan fingerprint density at radius 2 is 2.44 bits per heavy atom. The Hall–Kier alpha value is -1.40. The summed E-state index contributed by atoms with van der Waals surface area (Å²) in [6, 6.07) is -0.681. The van der Waals surface area contributed by atoms with Crippen LogP contribution in [0.3, 0.4) is 0 Å². The van der Waals surface area contributed by atoms with Gasteiger partial charge in [-0.25, -0.2) is 4.98 Å². The molecule has 0 bridgehead atoms. The lowest BCUT2D eigenvalue weighted by atomic mass is 10.2. The largest absolute Gasteiger partial charge is 0.459 e. The summed E-state index contributed by atoms with van der Waals surface area (Å²) in [7, 11) is 1.55. The zero-order valence-corrected chi connectivity index (χ0v) is 9.47. The van der Waals surface area contributed by atoms with Crippen molar-refractivity contribution in [1.29, 1.82) is 0 Å². The number of carbonyl (C=O) groups excluding carboxylic acids is 1. The van der Waals surface area contributed by atoms with Gasteiger partial charge in [0, 0.05) is 25.4 Å². The van der Waals surface area contributed by atoms with Crippen molar-refractivity contribution < 1.29 is 14.3 Å². The normalized spacial score (nSPS) is 14.4. The van der Waals surface area contributed by atoms with Crippen molar-refractivity contribution in [2.24, 2.45) is 5.73 Å². The minimum absolute atomic E-state index is 0.287. The van der Waals surface area contributed by atoms with Gasteiger partial charge in [-0.2, -0.15) is 0 Å². The minimum Gasteiger partial charge on any atom is -0.459 e. The van der Waals surface area contributed by atoms with Crippen LogP contribution in [0, 0.1) is 0 Å². The summed E-state index contributed by atoms with van der Waals surface area (Å²) < 4.78 is 9.93. The molecule has 0 aromatic carbocycles. The van der Waals surface area contributed by atoms with Crippen LogP contribution in [0.1, 0.15) is 12.6 Å². The molecule has 6 heteroatoms. The van der Waals surface area contributed by atoms with Crippen molar-refractivity contribution in [2.45, 2.75) is 25.5 Å². The summed E-state index contributed by atoms with van der Waals surface area (Å²) in [4.78, 5) is 18.2. The molecule has 0 spiro atoms. The molecule has 2 atom stereocenters. The lowest BCUT2D eigenvalue weighted by molar-refractivity contribution is -0.152. The number of imidazole rings is 1. The van der Waals surface area contributed by atoms with Crippen LogP contribution < -0.4 is 5.73 Å². The van der Waals surface area contributed by atoms with Crippen LogP contribution in [-0.4, -0.2) is 41.8 Å². The first-order valence-corrected chi connectivity index (χ1v) is 5.05. The van der Waals surface area contributed by atoms with E-state index in [0.717, 1.165) is 5.69 Å². The molecule has 0 amide bonds. The first-order chi connectivity index (χ1) is 7.63. The lowest BCUT2D eigenvalue weighted by Gasteiger charge is -2.15.